The van der Waals surface area contributed by atoms with Crippen LogP contribution in [0, 0.1) is 34.6 Å². The van der Waals surface area contributed by atoms with Crippen molar-refractivity contribution in [1.82, 2.24) is 40.0 Å². The van der Waals surface area contributed by atoms with Crippen molar-refractivity contribution in [3.8, 4) is 0 Å². The summed E-state index contributed by atoms with van der Waals surface area (Å²) in [6, 6.07) is 8.33. The van der Waals surface area contributed by atoms with E-state index >= 15 is 0 Å². The Hall–Kier alpha value is -2.94. The lowest BCUT2D eigenvalue weighted by atomic mass is 10.1. The molecule has 174 valence electrons. The monoisotopic (exact) mass is 528 g/mol. The molecule has 5 rings (SSSR count). The molecule has 0 spiro atoms. The first kappa shape index (κ1) is 22.8. The van der Waals surface area contributed by atoms with Crippen LogP contribution >= 0.6 is 45.3 Å². The lowest BCUT2D eigenvalue weighted by Gasteiger charge is -2.18. The first-order chi connectivity index (χ1) is 16.4. The Bertz CT molecular complexity index is 1480. The van der Waals surface area contributed by atoms with Gasteiger partial charge in [0, 0.05) is 0 Å². The van der Waals surface area contributed by atoms with Crippen LogP contribution in [0.4, 0.5) is 10.3 Å². The predicted molar refractivity (Wildman–Crippen MR) is 134 cm³/mol. The molecule has 0 bridgehead atoms. The number of hydrogen-bond donors (Lipinski definition) is 0. The molecule has 4 heterocycles. The van der Waals surface area contributed by atoms with Crippen LogP contribution < -0.4 is 9.60 Å². The van der Waals surface area contributed by atoms with Gasteiger partial charge >= 0.3 is 0 Å². The van der Waals surface area contributed by atoms with E-state index in [0.29, 0.717) is 19.9 Å². The summed E-state index contributed by atoms with van der Waals surface area (Å²) < 4.78 is 3.76. The summed E-state index contributed by atoms with van der Waals surface area (Å²) in [5, 5.41) is 30.8. The van der Waals surface area contributed by atoms with Crippen molar-refractivity contribution in [2.75, 3.05) is 0 Å². The van der Waals surface area contributed by atoms with E-state index in [1.807, 2.05) is 37.1 Å². The summed E-state index contributed by atoms with van der Waals surface area (Å²) in [4.78, 5) is 11.0. The second kappa shape index (κ2) is 9.37. The average molecular weight is 529 g/mol. The number of rotatable bonds is 5. The van der Waals surface area contributed by atoms with Crippen molar-refractivity contribution < 1.29 is 0 Å². The second-order valence-electron chi connectivity index (χ2n) is 7.41. The zero-order chi connectivity index (χ0) is 23.8. The van der Waals surface area contributed by atoms with Crippen molar-refractivity contribution in [3.05, 3.63) is 65.0 Å². The largest absolute Gasteiger partial charge is 0.234 e. The molecule has 10 nitrogen and oxygen atoms in total. The molecule has 1 aromatic carbocycles. The molecule has 0 aliphatic heterocycles. The zero-order valence-electron chi connectivity index (χ0n) is 19.0. The molecule has 0 aliphatic rings. The second-order valence-corrected chi connectivity index (χ2v) is 12.1. The average Bonchev–Trinajstić information content (AvgIpc) is 3.55. The molecular formula is C20H20N10S4. The van der Waals surface area contributed by atoms with Gasteiger partial charge in [0.15, 0.2) is 6.17 Å². The summed E-state index contributed by atoms with van der Waals surface area (Å²) in [6.07, 6.45) is -0.406. The first-order valence-electron chi connectivity index (χ1n) is 10.2. The predicted octanol–water partition coefficient (Wildman–Crippen LogP) is 4.01. The van der Waals surface area contributed by atoms with E-state index in [1.54, 1.807) is 0 Å². The Morgan fingerprint density at radius 1 is 0.618 bits per heavy atom. The number of aromatic nitrogens is 8. The maximum atomic E-state index is 4.83. The highest BCUT2D eigenvalue weighted by Gasteiger charge is 2.23. The fourth-order valence-corrected chi connectivity index (χ4v) is 5.96. The minimum absolute atomic E-state index is 0.406. The lowest BCUT2D eigenvalue weighted by Crippen LogP contribution is -2.34. The summed E-state index contributed by atoms with van der Waals surface area (Å²) >= 11 is 5.87. The van der Waals surface area contributed by atoms with E-state index in [4.69, 9.17) is 20.2 Å². The molecule has 0 aliphatic carbocycles. The molecule has 0 atom stereocenters. The standard InChI is InChI=1S/C20H20N10S4/c1-10-6-8-15(9-7-10)16(29-19(33-13(4)27-29)21-17-25-23-11(2)31-17)30-20(34-14(5)28-30)22-18-26-24-12(3)32-18/h6-9,16H,1-5H3/b21-19-,22-20-. The van der Waals surface area contributed by atoms with Crippen LogP contribution in [0.25, 0.3) is 0 Å². The topological polar surface area (TPSA) is 112 Å². The fourth-order valence-electron chi connectivity index (χ4n) is 3.21. The van der Waals surface area contributed by atoms with E-state index in [-0.39, 0.29) is 0 Å². The molecule has 5 aromatic rings. The Balaban J connectivity index is 1.75. The summed E-state index contributed by atoms with van der Waals surface area (Å²) in [5.74, 6) is 0. The van der Waals surface area contributed by atoms with Gasteiger partial charge in [-0.25, -0.2) is 9.36 Å². The van der Waals surface area contributed by atoms with Gasteiger partial charge in [-0.05, 0) is 40.2 Å². The molecule has 4 aromatic heterocycles. The summed E-state index contributed by atoms with van der Waals surface area (Å²) in [5.41, 5.74) is 2.18. The van der Waals surface area contributed by atoms with Crippen LogP contribution in [0.2, 0.25) is 0 Å². The third-order valence-electron chi connectivity index (χ3n) is 4.62. The van der Waals surface area contributed by atoms with E-state index in [0.717, 1.165) is 25.6 Å². The highest BCUT2D eigenvalue weighted by molar-refractivity contribution is 7.15. The van der Waals surface area contributed by atoms with Crippen molar-refractivity contribution in [2.24, 2.45) is 9.98 Å². The molecule has 0 unspecified atom stereocenters. The van der Waals surface area contributed by atoms with Crippen LogP contribution in [0.15, 0.2) is 34.3 Å². The van der Waals surface area contributed by atoms with Crippen molar-refractivity contribution >= 4 is 55.6 Å². The maximum Gasteiger partial charge on any atom is 0.234 e. The smallest absolute Gasteiger partial charge is 0.208 e. The first-order valence-corrected chi connectivity index (χ1v) is 13.5. The van der Waals surface area contributed by atoms with Gasteiger partial charge in [-0.3, -0.25) is 0 Å². The zero-order valence-corrected chi connectivity index (χ0v) is 22.3. The van der Waals surface area contributed by atoms with E-state index in [9.17, 15) is 0 Å². The van der Waals surface area contributed by atoms with Gasteiger partial charge in [-0.2, -0.15) is 20.2 Å². The number of hydrogen-bond acceptors (Lipinski definition) is 12. The summed E-state index contributed by atoms with van der Waals surface area (Å²) in [7, 11) is 0. The highest BCUT2D eigenvalue weighted by Crippen LogP contribution is 2.23. The minimum atomic E-state index is -0.406. The maximum absolute atomic E-state index is 4.83. The minimum Gasteiger partial charge on any atom is -0.208 e. The molecule has 0 saturated heterocycles. The highest BCUT2D eigenvalue weighted by atomic mass is 32.1. The van der Waals surface area contributed by atoms with Crippen molar-refractivity contribution in [1.29, 1.82) is 0 Å². The lowest BCUT2D eigenvalue weighted by molar-refractivity contribution is 0.393. The Kier molecular flexibility index (Phi) is 6.29. The number of aryl methyl sites for hydroxylation is 5. The third-order valence-corrected chi connectivity index (χ3v) is 7.76. The van der Waals surface area contributed by atoms with Gasteiger partial charge in [0.2, 0.25) is 19.9 Å². The fraction of sp³-hybridized carbons (Fsp3) is 0.300. The molecular weight excluding hydrogens is 509 g/mol. The van der Waals surface area contributed by atoms with Gasteiger partial charge < -0.3 is 0 Å². The van der Waals surface area contributed by atoms with Gasteiger partial charge in [0.25, 0.3) is 0 Å². The van der Waals surface area contributed by atoms with Gasteiger partial charge in [0.1, 0.15) is 20.0 Å². The van der Waals surface area contributed by atoms with E-state index < -0.39 is 6.17 Å². The molecule has 34 heavy (non-hydrogen) atoms. The van der Waals surface area contributed by atoms with Crippen LogP contribution in [-0.4, -0.2) is 40.0 Å². The SMILES string of the molecule is Cc1ccc(C(n2nc(C)s/c2=N\c2nnc(C)s2)n2nc(C)s/c2=N\c2nnc(C)s2)cc1. The molecule has 0 saturated carbocycles. The Morgan fingerprint density at radius 2 is 1.09 bits per heavy atom. The van der Waals surface area contributed by atoms with Crippen LogP contribution in [-0.2, 0) is 0 Å². The Morgan fingerprint density at radius 3 is 1.50 bits per heavy atom. The van der Waals surface area contributed by atoms with Crippen LogP contribution in [0.3, 0.4) is 0 Å². The van der Waals surface area contributed by atoms with Crippen LogP contribution in [0.1, 0.15) is 37.3 Å². The van der Waals surface area contributed by atoms with E-state index in [1.165, 1.54) is 50.9 Å². The number of nitrogens with zero attached hydrogens (tertiary/aromatic N) is 10. The van der Waals surface area contributed by atoms with Gasteiger partial charge in [-0.15, -0.1) is 20.4 Å². The number of benzene rings is 1. The van der Waals surface area contributed by atoms with Crippen molar-refractivity contribution in [3.63, 3.8) is 0 Å². The van der Waals surface area contributed by atoms with Gasteiger partial charge in [-0.1, -0.05) is 75.2 Å². The normalized spacial score (nSPS) is 12.9. The van der Waals surface area contributed by atoms with Crippen molar-refractivity contribution in [2.45, 2.75) is 40.8 Å². The molecule has 0 amide bonds. The molecule has 0 radical (unpaired) electrons. The molecule has 14 heteroatoms. The van der Waals surface area contributed by atoms with Gasteiger partial charge in [0.05, 0.1) is 0 Å². The molecule has 0 N–H and O–H groups in total. The summed E-state index contributed by atoms with van der Waals surface area (Å²) in [6.45, 7) is 9.81. The van der Waals surface area contributed by atoms with Crippen LogP contribution in [0.5, 0.6) is 0 Å². The third kappa shape index (κ3) is 4.80. The Labute approximate surface area is 210 Å². The molecule has 0 fully saturated rings. The quantitative estimate of drug-likeness (QED) is 0.341. The van der Waals surface area contributed by atoms with E-state index in [2.05, 4.69) is 51.6 Å².